The summed E-state index contributed by atoms with van der Waals surface area (Å²) in [6.07, 6.45) is 0. The van der Waals surface area contributed by atoms with E-state index in [4.69, 9.17) is 0 Å². The van der Waals surface area contributed by atoms with E-state index in [1.165, 1.54) is 94.5 Å². The minimum atomic E-state index is -0.582. The first kappa shape index (κ1) is 49.6. The van der Waals surface area contributed by atoms with Crippen LogP contribution in [0.25, 0.3) is 22.3 Å². The molecular weight excluding hydrogens is 1000 g/mol. The lowest BCUT2D eigenvalue weighted by molar-refractivity contribution is 0.745. The molecule has 0 saturated carbocycles. The number of fused-ring (bicyclic) bond motifs is 4. The van der Waals surface area contributed by atoms with Crippen LogP contribution in [-0.2, 0) is 10.8 Å². The van der Waals surface area contributed by atoms with Gasteiger partial charge in [-0.25, -0.2) is 0 Å². The fraction of sp³-hybridized carbons (Fsp3) is 0.0250. The largest absolute Gasteiger partial charge is 0.311 e. The number of benzene rings is 13. The molecule has 2 aliphatic heterocycles. The van der Waals surface area contributed by atoms with Crippen molar-refractivity contribution < 1.29 is 0 Å². The molecule has 0 aliphatic carbocycles. The molecule has 0 unspecified atom stereocenters. The summed E-state index contributed by atoms with van der Waals surface area (Å²) in [6.45, 7) is -0.0596. The minimum Gasteiger partial charge on any atom is -0.311 e. The van der Waals surface area contributed by atoms with Crippen molar-refractivity contribution >= 4 is 57.2 Å². The van der Waals surface area contributed by atoms with Crippen molar-refractivity contribution in [1.82, 2.24) is 0 Å². The standard InChI is InChI=1S/C80H57BN2/c1-9-26-58(27-10-1)60-44-54-72-76(56-60)82(70-50-46-68(47-51-70)79(62-30-13-3-14-31-62,63-32-15-4-16-33-63)64-34-17-5-18-35-64)74-42-25-43-75-78(74)81(72)73-55-45-61(59-28-11-2-12-29-59)57-77(73)83(75)71-52-48-69(49-53-71)80(65-36-19-6-20-37-65,66-38-21-7-22-39-66)67-40-23-8-24-41-67/h1-57H. The smallest absolute Gasteiger partial charge is 0.252 e. The second-order valence-electron chi connectivity index (χ2n) is 21.9. The van der Waals surface area contributed by atoms with E-state index in [2.05, 4.69) is 356 Å². The molecule has 0 aromatic heterocycles. The molecule has 2 aliphatic rings. The molecule has 0 amide bonds. The Morgan fingerprint density at radius 3 is 0.759 bits per heavy atom. The summed E-state index contributed by atoms with van der Waals surface area (Å²) in [6, 6.07) is 128. The lowest BCUT2D eigenvalue weighted by atomic mass is 9.33. The normalized spacial score (nSPS) is 12.5. The van der Waals surface area contributed by atoms with Gasteiger partial charge in [-0.15, -0.1) is 0 Å². The van der Waals surface area contributed by atoms with Crippen molar-refractivity contribution in [2.45, 2.75) is 10.8 Å². The zero-order valence-electron chi connectivity index (χ0n) is 45.9. The second-order valence-corrected chi connectivity index (χ2v) is 21.9. The molecule has 3 heteroatoms. The van der Waals surface area contributed by atoms with Gasteiger partial charge in [0, 0.05) is 34.1 Å². The Hall–Kier alpha value is -10.5. The Kier molecular flexibility index (Phi) is 12.5. The van der Waals surface area contributed by atoms with E-state index >= 15 is 0 Å². The highest BCUT2D eigenvalue weighted by Gasteiger charge is 2.45. The number of nitrogens with zero attached hydrogens (tertiary/aromatic N) is 2. The Bertz CT molecular complexity index is 3910. The van der Waals surface area contributed by atoms with Gasteiger partial charge in [-0.3, -0.25) is 0 Å². The molecule has 2 heterocycles. The molecular formula is C80H57BN2. The first-order chi connectivity index (χ1) is 41.2. The van der Waals surface area contributed by atoms with Crippen molar-refractivity contribution in [1.29, 1.82) is 0 Å². The Morgan fingerprint density at radius 2 is 0.470 bits per heavy atom. The molecule has 83 heavy (non-hydrogen) atoms. The molecule has 0 fully saturated rings. The molecule has 0 bridgehead atoms. The second kappa shape index (κ2) is 20.9. The quantitative estimate of drug-likeness (QED) is 0.0889. The van der Waals surface area contributed by atoms with Crippen molar-refractivity contribution in [3.8, 4) is 22.3 Å². The van der Waals surface area contributed by atoms with Crippen LogP contribution in [0.3, 0.4) is 0 Å². The van der Waals surface area contributed by atoms with Gasteiger partial charge in [0.1, 0.15) is 0 Å². The van der Waals surface area contributed by atoms with E-state index in [1.54, 1.807) is 0 Å². The van der Waals surface area contributed by atoms with E-state index in [1.807, 2.05) is 0 Å². The highest BCUT2D eigenvalue weighted by Crippen LogP contribution is 2.50. The van der Waals surface area contributed by atoms with E-state index in [9.17, 15) is 0 Å². The fourth-order valence-corrected chi connectivity index (χ4v) is 14.0. The van der Waals surface area contributed by atoms with Crippen LogP contribution >= 0.6 is 0 Å². The third kappa shape index (κ3) is 8.18. The average molecular weight is 1060 g/mol. The fourth-order valence-electron chi connectivity index (χ4n) is 14.0. The Morgan fingerprint density at radius 1 is 0.205 bits per heavy atom. The molecule has 390 valence electrons. The number of rotatable bonds is 12. The monoisotopic (exact) mass is 1060 g/mol. The van der Waals surface area contributed by atoms with E-state index in [0.29, 0.717) is 0 Å². The van der Waals surface area contributed by atoms with Gasteiger partial charge in [0.15, 0.2) is 0 Å². The summed E-state index contributed by atoms with van der Waals surface area (Å²) in [4.78, 5) is 5.07. The highest BCUT2D eigenvalue weighted by atomic mass is 15.2. The maximum Gasteiger partial charge on any atom is 0.252 e. The topological polar surface area (TPSA) is 6.48 Å². The summed E-state index contributed by atoms with van der Waals surface area (Å²) in [5.74, 6) is 0. The summed E-state index contributed by atoms with van der Waals surface area (Å²) in [5, 5.41) is 0. The maximum absolute atomic E-state index is 2.54. The molecule has 2 nitrogen and oxygen atoms in total. The average Bonchev–Trinajstić information content (AvgIpc) is 3.72. The van der Waals surface area contributed by atoms with Gasteiger partial charge in [0.2, 0.25) is 0 Å². The van der Waals surface area contributed by atoms with Crippen LogP contribution in [0.2, 0.25) is 0 Å². The summed E-state index contributed by atoms with van der Waals surface area (Å²) in [5.41, 5.74) is 23.9. The van der Waals surface area contributed by atoms with Crippen molar-refractivity contribution in [2.75, 3.05) is 9.80 Å². The van der Waals surface area contributed by atoms with Crippen LogP contribution in [0, 0.1) is 0 Å². The third-order valence-electron chi connectivity index (χ3n) is 17.6. The first-order valence-corrected chi connectivity index (χ1v) is 28.9. The van der Waals surface area contributed by atoms with E-state index < -0.39 is 10.8 Å². The number of hydrogen-bond donors (Lipinski definition) is 0. The third-order valence-corrected chi connectivity index (χ3v) is 17.6. The Labute approximate surface area is 487 Å². The van der Waals surface area contributed by atoms with Crippen LogP contribution in [0.5, 0.6) is 0 Å². The lowest BCUT2D eigenvalue weighted by Gasteiger charge is -2.44. The van der Waals surface area contributed by atoms with E-state index in [-0.39, 0.29) is 6.71 Å². The van der Waals surface area contributed by atoms with Crippen molar-refractivity contribution in [2.24, 2.45) is 0 Å². The van der Waals surface area contributed by atoms with Crippen molar-refractivity contribution in [3.05, 3.63) is 390 Å². The van der Waals surface area contributed by atoms with Gasteiger partial charge in [-0.05, 0) is 132 Å². The minimum absolute atomic E-state index is 0.0596. The Balaban J connectivity index is 0.947. The maximum atomic E-state index is 2.54. The highest BCUT2D eigenvalue weighted by molar-refractivity contribution is 7.00. The molecule has 15 rings (SSSR count). The predicted octanol–water partition coefficient (Wildman–Crippen LogP) is 17.9. The summed E-state index contributed by atoms with van der Waals surface area (Å²) in [7, 11) is 0. The molecule has 0 saturated heterocycles. The first-order valence-electron chi connectivity index (χ1n) is 28.9. The molecule has 13 aromatic carbocycles. The van der Waals surface area contributed by atoms with Crippen LogP contribution in [-0.4, -0.2) is 6.71 Å². The van der Waals surface area contributed by atoms with E-state index in [0.717, 1.165) is 22.7 Å². The van der Waals surface area contributed by atoms with Gasteiger partial charge in [-0.2, -0.15) is 0 Å². The number of anilines is 6. The molecule has 0 spiro atoms. The van der Waals surface area contributed by atoms with Gasteiger partial charge in [-0.1, -0.05) is 297 Å². The summed E-state index contributed by atoms with van der Waals surface area (Å²) >= 11 is 0. The molecule has 0 atom stereocenters. The lowest BCUT2D eigenvalue weighted by Crippen LogP contribution is -2.61. The van der Waals surface area contributed by atoms with Crippen molar-refractivity contribution in [3.63, 3.8) is 0 Å². The van der Waals surface area contributed by atoms with Gasteiger partial charge >= 0.3 is 0 Å². The number of hydrogen-bond acceptors (Lipinski definition) is 2. The molecule has 0 radical (unpaired) electrons. The van der Waals surface area contributed by atoms with Crippen LogP contribution < -0.4 is 26.2 Å². The predicted molar refractivity (Wildman–Crippen MR) is 348 cm³/mol. The zero-order valence-corrected chi connectivity index (χ0v) is 45.9. The summed E-state index contributed by atoms with van der Waals surface area (Å²) < 4.78 is 0. The van der Waals surface area contributed by atoms with Gasteiger partial charge in [0.05, 0.1) is 10.8 Å². The molecule has 13 aromatic rings. The zero-order chi connectivity index (χ0) is 55.2. The van der Waals surface area contributed by atoms with Crippen LogP contribution in [0.1, 0.15) is 44.5 Å². The van der Waals surface area contributed by atoms with Crippen LogP contribution in [0.15, 0.2) is 346 Å². The molecule has 0 N–H and O–H groups in total. The SMILES string of the molecule is c1ccc(-c2ccc3c(c2)N(c2ccc(C(c4ccccc4)(c4ccccc4)c4ccccc4)cc2)c2cccc4c2B3c2ccc(-c3ccccc3)cc2N4c2ccc(C(c3ccccc3)(c3ccccc3)c3ccccc3)cc2)cc1. The van der Waals surface area contributed by atoms with Gasteiger partial charge in [0.25, 0.3) is 6.71 Å². The van der Waals surface area contributed by atoms with Crippen LogP contribution in [0.4, 0.5) is 34.1 Å². The van der Waals surface area contributed by atoms with Gasteiger partial charge < -0.3 is 9.80 Å².